The van der Waals surface area contributed by atoms with Gasteiger partial charge in [0.15, 0.2) is 0 Å². The molecule has 1 saturated heterocycles. The van der Waals surface area contributed by atoms with E-state index in [4.69, 9.17) is 14.5 Å². The molecule has 0 spiro atoms. The third-order valence-corrected chi connectivity index (χ3v) is 14.0. The summed E-state index contributed by atoms with van der Waals surface area (Å²) in [5, 5.41) is 15.9. The van der Waals surface area contributed by atoms with Crippen LogP contribution >= 0.6 is 0 Å². The van der Waals surface area contributed by atoms with Gasteiger partial charge in [-0.15, -0.1) is 6.58 Å². The number of benzene rings is 2. The lowest BCUT2D eigenvalue weighted by atomic mass is 9.89. The number of likely N-dealkylation sites (tertiary alicyclic amines) is 1. The molecule has 7 rings (SSSR count). The highest BCUT2D eigenvalue weighted by Gasteiger charge is 2.62. The van der Waals surface area contributed by atoms with Crippen LogP contribution in [0.2, 0.25) is 0 Å². The van der Waals surface area contributed by atoms with Gasteiger partial charge in [0.2, 0.25) is 27.7 Å². The van der Waals surface area contributed by atoms with Crippen LogP contribution in [0.1, 0.15) is 51.4 Å². The van der Waals surface area contributed by atoms with E-state index in [0.29, 0.717) is 53.8 Å². The van der Waals surface area contributed by atoms with E-state index in [9.17, 15) is 32.7 Å². The first kappa shape index (κ1) is 42.2. The van der Waals surface area contributed by atoms with Crippen LogP contribution in [0.15, 0.2) is 79.9 Å². The number of amides is 5. The Morgan fingerprint density at radius 3 is 2.37 bits per heavy atom. The Bertz CT molecular complexity index is 2310. The molecule has 5 amide bonds. The largest absolute Gasteiger partial charge is 0.497 e. The first-order valence-corrected chi connectivity index (χ1v) is 21.6. The fourth-order valence-electron chi connectivity index (χ4n) is 8.57. The molecule has 3 aliphatic carbocycles. The number of nitrogens with zero attached hydrogens (tertiary/aromatic N) is 3. The summed E-state index contributed by atoms with van der Waals surface area (Å²) in [7, 11) is -1.19. The van der Waals surface area contributed by atoms with Gasteiger partial charge in [-0.05, 0) is 56.2 Å². The molecular formula is C43H50N6O10S. The maximum Gasteiger partial charge on any atom is 0.407 e. The number of aromatic nitrogens is 1. The summed E-state index contributed by atoms with van der Waals surface area (Å²) < 4.78 is 40.0. The summed E-state index contributed by atoms with van der Waals surface area (Å²) in [6, 6.07) is 12.8. The lowest BCUT2D eigenvalue weighted by Crippen LogP contribution is -2.63. The van der Waals surface area contributed by atoms with Crippen LogP contribution in [0.3, 0.4) is 0 Å². The number of fused-ring (bicyclic) bond motifs is 1. The minimum atomic E-state index is -3.97. The molecule has 318 valence electrons. The molecule has 3 saturated carbocycles. The van der Waals surface area contributed by atoms with Gasteiger partial charge < -0.3 is 30.1 Å². The van der Waals surface area contributed by atoms with Gasteiger partial charge in [-0.1, -0.05) is 55.8 Å². The summed E-state index contributed by atoms with van der Waals surface area (Å²) in [6.07, 6.45) is 3.95. The summed E-state index contributed by atoms with van der Waals surface area (Å²) in [4.78, 5) is 75.9. The Balaban J connectivity index is 1.26. The molecule has 6 atom stereocenters. The molecule has 1 aromatic heterocycles. The number of hydrogen-bond donors (Lipinski definition) is 4. The van der Waals surface area contributed by atoms with Crippen LogP contribution in [0.4, 0.5) is 4.79 Å². The van der Waals surface area contributed by atoms with Crippen LogP contribution in [0.5, 0.6) is 11.5 Å². The van der Waals surface area contributed by atoms with E-state index < -0.39 is 80.7 Å². The number of rotatable bonds is 16. The number of carbonyl (C=O) groups excluding carboxylic acids is 4. The Morgan fingerprint density at radius 2 is 1.75 bits per heavy atom. The van der Waals surface area contributed by atoms with Crippen molar-refractivity contribution in [1.82, 2.24) is 30.1 Å². The average molecular weight is 843 g/mol. The van der Waals surface area contributed by atoms with Gasteiger partial charge in [0.05, 0.1) is 36.2 Å². The number of carbonyl (C=O) groups is 5. The van der Waals surface area contributed by atoms with Gasteiger partial charge in [0, 0.05) is 42.5 Å². The molecule has 16 nitrogen and oxygen atoms in total. The Hall–Kier alpha value is -5.97. The van der Waals surface area contributed by atoms with Crippen molar-refractivity contribution < 1.29 is 47.0 Å². The molecule has 2 heterocycles. The molecule has 0 radical (unpaired) electrons. The molecule has 4 fully saturated rings. The minimum Gasteiger partial charge on any atom is -0.497 e. The molecule has 1 unspecified atom stereocenters. The number of pyridine rings is 1. The fraction of sp³-hybridized carbons (Fsp3) is 0.442. The Kier molecular flexibility index (Phi) is 11.9. The molecule has 3 aromatic rings. The molecule has 2 aromatic carbocycles. The summed E-state index contributed by atoms with van der Waals surface area (Å²) in [5.74, 6) is -2.91. The topological polar surface area (TPSA) is 214 Å². The number of hydrogen-bond acceptors (Lipinski definition) is 10. The zero-order chi connectivity index (χ0) is 42.9. The monoisotopic (exact) mass is 842 g/mol. The second kappa shape index (κ2) is 17.0. The number of nitrogens with one attached hydrogen (secondary N) is 3. The second-order valence-corrected chi connectivity index (χ2v) is 18.0. The average Bonchev–Trinajstić information content (AvgIpc) is 4.12. The van der Waals surface area contributed by atoms with Gasteiger partial charge in [-0.3, -0.25) is 28.8 Å². The maximum absolute atomic E-state index is 15.1. The lowest BCUT2D eigenvalue weighted by molar-refractivity contribution is -0.144. The molecule has 0 bridgehead atoms. The highest BCUT2D eigenvalue weighted by Crippen LogP contribution is 2.46. The Morgan fingerprint density at radius 1 is 1.03 bits per heavy atom. The maximum atomic E-state index is 15.1. The van der Waals surface area contributed by atoms with Crippen LogP contribution in [0.25, 0.3) is 22.2 Å². The number of ether oxygens (including phenoxy) is 2. The number of sulfonamides is 1. The van der Waals surface area contributed by atoms with Crippen LogP contribution in [0, 0.1) is 11.8 Å². The van der Waals surface area contributed by atoms with Crippen molar-refractivity contribution in [3.8, 4) is 22.8 Å². The van der Waals surface area contributed by atoms with Crippen molar-refractivity contribution in [3.63, 3.8) is 0 Å². The van der Waals surface area contributed by atoms with Gasteiger partial charge in [-0.25, -0.2) is 18.2 Å². The predicted molar refractivity (Wildman–Crippen MR) is 221 cm³/mol. The van der Waals surface area contributed by atoms with Gasteiger partial charge in [0.1, 0.15) is 35.2 Å². The van der Waals surface area contributed by atoms with Crippen LogP contribution < -0.4 is 24.8 Å². The fourth-order valence-corrected chi connectivity index (χ4v) is 9.94. The highest BCUT2D eigenvalue weighted by atomic mass is 32.2. The van der Waals surface area contributed by atoms with E-state index in [2.05, 4.69) is 28.5 Å². The van der Waals surface area contributed by atoms with Crippen LogP contribution in [-0.4, -0.2) is 114 Å². The van der Waals surface area contributed by atoms with Gasteiger partial charge in [-0.2, -0.15) is 0 Å². The van der Waals surface area contributed by atoms with Gasteiger partial charge >= 0.3 is 6.09 Å². The quantitative estimate of drug-likeness (QED) is 0.120. The molecule has 4 aliphatic rings. The zero-order valence-electron chi connectivity index (χ0n) is 33.5. The van der Waals surface area contributed by atoms with E-state index in [1.54, 1.807) is 31.4 Å². The SMILES string of the molecule is C=CC(=O)NC(C1CCCC1)[C@@H](C(=O)N1C[C@H](Oc2cc(-c3ccccc3)nc3cc(OC)ccc23)C[C@H]1C(=O)N[C@]1(C(=O)NS(=O)(=O)C2CC2)C[C@H]1C=C)N(C)C(=O)O. The first-order chi connectivity index (χ1) is 28.7. The molecule has 1 aliphatic heterocycles. The van der Waals surface area contributed by atoms with E-state index >= 15 is 4.79 Å². The summed E-state index contributed by atoms with van der Waals surface area (Å²) in [5.41, 5.74) is 0.302. The minimum absolute atomic E-state index is 0.0747. The second-order valence-electron chi connectivity index (χ2n) is 16.0. The standard InChI is InChI=1S/C43H50N6O10S/c1-5-27-23-43(27,41(53)47-60(56,57)30-17-18-30)46-39(51)34-21-29(59-35-22-32(25-12-8-7-9-13-25)44-33-20-28(58-4)16-19-31(33)35)24-49(34)40(52)38(48(3)42(54)55)37(45-36(50)6-2)26-14-10-11-15-26/h5-9,12-13,16,19-20,22,26-27,29-30,34,37-38H,1-2,10-11,14-15,17-18,21,23-24H2,3-4H3,(H,45,50)(H,46,51)(H,47,53)(H,54,55)/t27-,29-,34+,37?,38+,43-/m1/s1. The van der Waals surface area contributed by atoms with Crippen molar-refractivity contribution in [1.29, 1.82) is 0 Å². The van der Waals surface area contributed by atoms with Crippen LogP contribution in [-0.2, 0) is 29.2 Å². The first-order valence-electron chi connectivity index (χ1n) is 20.1. The molecule has 17 heteroatoms. The normalized spacial score (nSPS) is 23.5. The number of carboxylic acid groups (broad SMARTS) is 1. The smallest absolute Gasteiger partial charge is 0.407 e. The van der Waals surface area contributed by atoms with Crippen molar-refractivity contribution in [2.24, 2.45) is 11.8 Å². The van der Waals surface area contributed by atoms with Crippen molar-refractivity contribution in [3.05, 3.63) is 79.9 Å². The summed E-state index contributed by atoms with van der Waals surface area (Å²) in [6.45, 7) is 7.15. The van der Waals surface area contributed by atoms with E-state index in [1.807, 2.05) is 30.3 Å². The van der Waals surface area contributed by atoms with E-state index in [1.165, 1.54) is 18.0 Å². The summed E-state index contributed by atoms with van der Waals surface area (Å²) >= 11 is 0. The molecule has 60 heavy (non-hydrogen) atoms. The van der Waals surface area contributed by atoms with Crippen molar-refractivity contribution in [2.45, 2.75) is 86.4 Å². The third kappa shape index (κ3) is 8.53. The third-order valence-electron chi connectivity index (χ3n) is 12.2. The van der Waals surface area contributed by atoms with E-state index in [-0.39, 0.29) is 25.3 Å². The van der Waals surface area contributed by atoms with Crippen molar-refractivity contribution in [2.75, 3.05) is 20.7 Å². The predicted octanol–water partition coefficient (Wildman–Crippen LogP) is 3.77. The van der Waals surface area contributed by atoms with Crippen molar-refractivity contribution >= 4 is 50.6 Å². The van der Waals surface area contributed by atoms with Gasteiger partial charge in [0.25, 0.3) is 5.91 Å². The highest BCUT2D eigenvalue weighted by molar-refractivity contribution is 7.91. The molecular weight excluding hydrogens is 793 g/mol. The molecule has 4 N–H and O–H groups in total. The zero-order valence-corrected chi connectivity index (χ0v) is 34.4. The number of methoxy groups -OCH3 is 1. The van der Waals surface area contributed by atoms with E-state index in [0.717, 1.165) is 29.4 Å². The lowest BCUT2D eigenvalue weighted by Gasteiger charge is -2.39. The Labute approximate surface area is 348 Å². The number of likely N-dealkylation sites (N-methyl/N-ethyl adjacent to an activating group) is 1.